The summed E-state index contributed by atoms with van der Waals surface area (Å²) in [6.07, 6.45) is 2.22. The van der Waals surface area contributed by atoms with Crippen molar-refractivity contribution in [2.45, 2.75) is 53.6 Å². The molecule has 4 unspecified atom stereocenters. The molecule has 0 bridgehead atoms. The van der Waals surface area contributed by atoms with E-state index in [1.807, 2.05) is 0 Å². The number of benzene rings is 1. The number of rotatable bonds is 37. The molecule has 31 heteroatoms. The lowest BCUT2D eigenvalue weighted by atomic mass is 10.1. The summed E-state index contributed by atoms with van der Waals surface area (Å²) in [6.45, 7) is 6.25. The highest BCUT2D eigenvalue weighted by atomic mass is 31.2. The summed E-state index contributed by atoms with van der Waals surface area (Å²) in [7, 11) is -10.4. The normalized spacial score (nSPS) is 13.5. The second-order valence-corrected chi connectivity index (χ2v) is 21.0. The highest BCUT2D eigenvalue weighted by Gasteiger charge is 2.30. The van der Waals surface area contributed by atoms with Crippen LogP contribution in [0.2, 0.25) is 0 Å². The molecule has 4 aromatic rings. The molecule has 0 fully saturated rings. The Balaban J connectivity index is 1.84. The minimum atomic E-state index is -4.15. The number of carbonyl (C=O) groups excluding carboxylic acids is 1. The molecule has 4 N–H and O–H groups in total. The van der Waals surface area contributed by atoms with E-state index < -0.39 is 56.1 Å². The van der Waals surface area contributed by atoms with Crippen LogP contribution in [0.5, 0.6) is 11.5 Å². The Morgan fingerprint density at radius 3 is 1.68 bits per heavy atom. The molecule has 0 radical (unpaired) electrons. The minimum absolute atomic E-state index is 0.0386. The van der Waals surface area contributed by atoms with Gasteiger partial charge in [0.1, 0.15) is 50.5 Å². The molecule has 0 saturated carbocycles. The van der Waals surface area contributed by atoms with E-state index in [0.29, 0.717) is 22.5 Å². The van der Waals surface area contributed by atoms with E-state index in [-0.39, 0.29) is 127 Å². The summed E-state index contributed by atoms with van der Waals surface area (Å²) in [5, 5.41) is 21.2. The average Bonchev–Trinajstić information content (AvgIpc) is 4.03. The summed E-state index contributed by atoms with van der Waals surface area (Å²) in [4.78, 5) is 53.2. The first kappa shape index (κ1) is 62.6. The van der Waals surface area contributed by atoms with Crippen molar-refractivity contribution in [2.75, 3.05) is 99.7 Å². The van der Waals surface area contributed by atoms with Crippen LogP contribution in [0, 0.1) is 11.8 Å². The molecule has 1 amide bonds. The Morgan fingerprint density at radius 1 is 0.707 bits per heavy atom. The fraction of sp³-hybridized carbons (Fsp3) is 0.523. The SMILES string of the molecule is CCO[P+](=O)OCN(Cc1ccn(-c2cc(C#Cc3cc(OCCOC)c(C(=O)NCCCC(=O)O)cc3OCCOC)cc(-n3ccc(CN(CO[P+](=O)OCC)CP(=O)(O)OCC)n3)n2)n1)CP(=O)(O)OCC. The molecular formula is C44H64N8O19P4+2. The third kappa shape index (κ3) is 22.7. The topological polar surface area (TPSA) is 322 Å². The van der Waals surface area contributed by atoms with Crippen LogP contribution in [0.3, 0.4) is 0 Å². The van der Waals surface area contributed by atoms with Gasteiger partial charge in [0.15, 0.2) is 25.1 Å². The van der Waals surface area contributed by atoms with Crippen molar-refractivity contribution in [2.24, 2.45) is 0 Å². The summed E-state index contributed by atoms with van der Waals surface area (Å²) in [5.74, 6) is 5.49. The van der Waals surface area contributed by atoms with E-state index >= 15 is 0 Å². The molecule has 0 saturated heterocycles. The van der Waals surface area contributed by atoms with Crippen molar-refractivity contribution < 1.29 is 88.8 Å². The van der Waals surface area contributed by atoms with Crippen LogP contribution in [-0.4, -0.2) is 161 Å². The van der Waals surface area contributed by atoms with E-state index in [4.69, 9.17) is 56.2 Å². The highest BCUT2D eigenvalue weighted by molar-refractivity contribution is 7.53. The van der Waals surface area contributed by atoms with Crippen molar-refractivity contribution >= 4 is 43.6 Å². The van der Waals surface area contributed by atoms with Gasteiger partial charge in [-0.2, -0.15) is 10.2 Å². The van der Waals surface area contributed by atoms with E-state index in [1.54, 1.807) is 64.4 Å². The molecule has 3 heterocycles. The molecule has 75 heavy (non-hydrogen) atoms. The lowest BCUT2D eigenvalue weighted by Crippen LogP contribution is -2.27. The predicted molar refractivity (Wildman–Crippen MR) is 269 cm³/mol. The number of aliphatic carboxylic acids is 1. The number of carbonyl (C=O) groups is 2. The Hall–Kier alpha value is -4.93. The zero-order chi connectivity index (χ0) is 54.8. The van der Waals surface area contributed by atoms with Gasteiger partial charge < -0.3 is 48.2 Å². The quantitative estimate of drug-likeness (QED) is 0.0179. The number of nitrogens with one attached hydrogen (secondary N) is 1. The van der Waals surface area contributed by atoms with E-state index in [1.165, 1.54) is 45.5 Å². The van der Waals surface area contributed by atoms with E-state index in [2.05, 4.69) is 27.4 Å². The number of hydrogen-bond donors (Lipinski definition) is 4. The van der Waals surface area contributed by atoms with Gasteiger partial charge in [-0.3, -0.25) is 28.5 Å². The monoisotopic (exact) mass is 1130 g/mol. The molecule has 4 atom stereocenters. The molecule has 0 spiro atoms. The minimum Gasteiger partial charge on any atom is -0.490 e. The molecule has 27 nitrogen and oxygen atoms in total. The molecule has 412 valence electrons. The number of carboxylic acid groups (broad SMARTS) is 1. The highest BCUT2D eigenvalue weighted by Crippen LogP contribution is 2.44. The van der Waals surface area contributed by atoms with Gasteiger partial charge in [-0.05, 0) is 64.4 Å². The Bertz CT molecular complexity index is 2550. The second-order valence-electron chi connectivity index (χ2n) is 15.5. The number of nitrogens with zero attached hydrogens (tertiary/aromatic N) is 7. The number of amides is 1. The third-order valence-corrected chi connectivity index (χ3v) is 13.9. The van der Waals surface area contributed by atoms with Gasteiger partial charge in [0, 0.05) is 73.4 Å². The first-order valence-corrected chi connectivity index (χ1v) is 29.0. The van der Waals surface area contributed by atoms with Crippen LogP contribution in [0.4, 0.5) is 0 Å². The lowest BCUT2D eigenvalue weighted by molar-refractivity contribution is -0.137. The fourth-order valence-electron chi connectivity index (χ4n) is 6.44. The number of pyridine rings is 1. The Labute approximate surface area is 435 Å². The number of hydrogen-bond acceptors (Lipinski definition) is 21. The third-order valence-electron chi connectivity index (χ3n) is 9.52. The fourth-order valence-corrected chi connectivity index (χ4v) is 9.87. The molecule has 0 aliphatic rings. The summed E-state index contributed by atoms with van der Waals surface area (Å²) in [6, 6.07) is 9.49. The number of methoxy groups -OCH3 is 2. The number of ether oxygens (including phenoxy) is 4. The van der Waals surface area contributed by atoms with Crippen molar-refractivity contribution in [1.82, 2.24) is 39.7 Å². The lowest BCUT2D eigenvalue weighted by Gasteiger charge is -2.21. The zero-order valence-corrected chi connectivity index (χ0v) is 46.0. The van der Waals surface area contributed by atoms with E-state index in [9.17, 15) is 37.6 Å². The van der Waals surface area contributed by atoms with Crippen molar-refractivity contribution in [1.29, 1.82) is 0 Å². The van der Waals surface area contributed by atoms with Crippen LogP contribution in [-0.2, 0) is 72.8 Å². The second kappa shape index (κ2) is 32.6. The van der Waals surface area contributed by atoms with Crippen LogP contribution in [0.1, 0.15) is 73.4 Å². The summed E-state index contributed by atoms with van der Waals surface area (Å²) in [5.41, 5.74) is 1.49. The van der Waals surface area contributed by atoms with Gasteiger partial charge in [-0.15, -0.1) is 18.1 Å². The number of carboxylic acids is 1. The maximum absolute atomic E-state index is 13.5. The number of aromatic nitrogens is 5. The van der Waals surface area contributed by atoms with Crippen LogP contribution >= 0.6 is 31.7 Å². The Kier molecular flexibility index (Phi) is 27.2. The summed E-state index contributed by atoms with van der Waals surface area (Å²) < 4.78 is 106. The largest absolute Gasteiger partial charge is 0.698 e. The summed E-state index contributed by atoms with van der Waals surface area (Å²) >= 11 is 0. The standard InChI is InChI=1S/C44H62N8O19P4/c1-7-66-72(56)68-30-49(32-74(58,59)70-9-3)28-36-15-18-51(47-36)41-24-34(25-42(46-41)52-19-16-37(48-52)29-50(31-69-73(57)67-8-2)33-75(60,61)71-10-4)13-14-35-26-40(65-23-21-63-6)38(27-39(35)64-22-20-62-5)44(55)45-17-11-12-43(53)54/h15-16,18-19,24-27H,7-12,17,20-23,28-33H2,1-6H3,(H2-2,45,53,54,55,58,59,60,61)/p+2. The maximum Gasteiger partial charge on any atom is 0.698 e. The zero-order valence-electron chi connectivity index (χ0n) is 42.4. The van der Waals surface area contributed by atoms with E-state index in [0.717, 1.165) is 0 Å². The molecular weight excluding hydrogens is 1070 g/mol. The molecule has 4 rings (SSSR count). The van der Waals surface area contributed by atoms with Crippen molar-refractivity contribution in [3.05, 3.63) is 76.9 Å². The predicted octanol–water partition coefficient (Wildman–Crippen LogP) is 5.80. The van der Waals surface area contributed by atoms with Crippen molar-refractivity contribution in [3.63, 3.8) is 0 Å². The van der Waals surface area contributed by atoms with Gasteiger partial charge in [0.25, 0.3) is 5.91 Å². The molecule has 0 aliphatic heterocycles. The molecule has 3 aromatic heterocycles. The van der Waals surface area contributed by atoms with Gasteiger partial charge in [0.2, 0.25) is 0 Å². The maximum atomic E-state index is 13.5. The van der Waals surface area contributed by atoms with Gasteiger partial charge in [-0.1, -0.05) is 11.8 Å². The van der Waals surface area contributed by atoms with Gasteiger partial charge in [-0.25, -0.2) is 14.3 Å². The van der Waals surface area contributed by atoms with Gasteiger partial charge >= 0.3 is 37.7 Å². The van der Waals surface area contributed by atoms with Crippen molar-refractivity contribution in [3.8, 4) is 35.0 Å². The first-order valence-electron chi connectivity index (χ1n) is 23.3. The molecule has 1 aromatic carbocycles. The Morgan fingerprint density at radius 2 is 1.21 bits per heavy atom. The smallest absolute Gasteiger partial charge is 0.490 e. The molecule has 0 aliphatic carbocycles. The van der Waals surface area contributed by atoms with Crippen LogP contribution < -0.4 is 14.8 Å². The van der Waals surface area contributed by atoms with Crippen LogP contribution in [0.25, 0.3) is 11.6 Å². The first-order chi connectivity index (χ1) is 35.9. The van der Waals surface area contributed by atoms with Crippen LogP contribution in [0.15, 0.2) is 48.8 Å². The van der Waals surface area contributed by atoms with Gasteiger partial charge in [0.05, 0.1) is 48.9 Å². The average molecular weight is 1130 g/mol.